The van der Waals surface area contributed by atoms with Crippen molar-refractivity contribution >= 4 is 5.91 Å². The van der Waals surface area contributed by atoms with Crippen molar-refractivity contribution in [3.8, 4) is 5.88 Å². The number of ether oxygens (including phenoxy) is 3. The zero-order valence-corrected chi connectivity index (χ0v) is 14.6. The van der Waals surface area contributed by atoms with Crippen LogP contribution in [-0.2, 0) is 9.47 Å². The molecule has 6 nitrogen and oxygen atoms in total. The van der Waals surface area contributed by atoms with Gasteiger partial charge in [0.1, 0.15) is 5.56 Å². The van der Waals surface area contributed by atoms with Gasteiger partial charge in [-0.15, -0.1) is 0 Å². The first-order chi connectivity index (χ1) is 11.6. The predicted octanol–water partition coefficient (Wildman–Crippen LogP) is 2.35. The SMILES string of the molecule is CCOc1ncccc1C(=O)N[C@@H]1COCC[C@@H]1OCC=C(C)C. The summed E-state index contributed by atoms with van der Waals surface area (Å²) in [5.41, 5.74) is 1.63. The van der Waals surface area contributed by atoms with E-state index in [-0.39, 0.29) is 18.1 Å². The molecule has 0 bridgehead atoms. The smallest absolute Gasteiger partial charge is 0.257 e. The second-order valence-electron chi connectivity index (χ2n) is 5.89. The van der Waals surface area contributed by atoms with Crippen LogP contribution in [-0.4, -0.2) is 49.5 Å². The van der Waals surface area contributed by atoms with Gasteiger partial charge in [-0.05, 0) is 39.3 Å². The van der Waals surface area contributed by atoms with E-state index < -0.39 is 0 Å². The summed E-state index contributed by atoms with van der Waals surface area (Å²) in [6, 6.07) is 3.24. The van der Waals surface area contributed by atoms with Crippen molar-refractivity contribution in [1.82, 2.24) is 10.3 Å². The van der Waals surface area contributed by atoms with Crippen molar-refractivity contribution in [2.45, 2.75) is 39.3 Å². The summed E-state index contributed by atoms with van der Waals surface area (Å²) >= 11 is 0. The molecule has 1 aromatic heterocycles. The second-order valence-corrected chi connectivity index (χ2v) is 5.89. The van der Waals surface area contributed by atoms with Gasteiger partial charge in [-0.25, -0.2) is 4.98 Å². The highest BCUT2D eigenvalue weighted by Crippen LogP contribution is 2.17. The molecular weight excluding hydrogens is 308 g/mol. The van der Waals surface area contributed by atoms with Crippen molar-refractivity contribution < 1.29 is 19.0 Å². The molecular formula is C18H26N2O4. The Hall–Kier alpha value is -1.92. The molecule has 1 fully saturated rings. The van der Waals surface area contributed by atoms with Gasteiger partial charge < -0.3 is 19.5 Å². The van der Waals surface area contributed by atoms with Crippen LogP contribution in [0, 0.1) is 0 Å². The van der Waals surface area contributed by atoms with Crippen LogP contribution in [0.3, 0.4) is 0 Å². The van der Waals surface area contributed by atoms with Gasteiger partial charge in [0.25, 0.3) is 5.91 Å². The number of hydrogen-bond acceptors (Lipinski definition) is 5. The lowest BCUT2D eigenvalue weighted by molar-refractivity contribution is -0.0457. The minimum Gasteiger partial charge on any atom is -0.477 e. The summed E-state index contributed by atoms with van der Waals surface area (Å²) < 4.78 is 16.8. The Bertz CT molecular complexity index is 570. The molecule has 0 spiro atoms. The van der Waals surface area contributed by atoms with Crippen LogP contribution in [0.25, 0.3) is 0 Å². The molecule has 0 radical (unpaired) electrons. The Balaban J connectivity index is 2.01. The average Bonchev–Trinajstić information content (AvgIpc) is 2.57. The van der Waals surface area contributed by atoms with Gasteiger partial charge in [0.05, 0.1) is 32.0 Å². The normalized spacial score (nSPS) is 20.3. The zero-order chi connectivity index (χ0) is 17.4. The highest BCUT2D eigenvalue weighted by Gasteiger charge is 2.29. The van der Waals surface area contributed by atoms with E-state index in [1.54, 1.807) is 18.3 Å². The molecule has 132 valence electrons. The van der Waals surface area contributed by atoms with Crippen molar-refractivity contribution in [3.63, 3.8) is 0 Å². The minimum atomic E-state index is -0.224. The standard InChI is InChI=1S/C18H26N2O4/c1-4-23-18-14(6-5-9-19-18)17(21)20-15-12-22-10-8-16(15)24-11-7-13(2)3/h5-7,9,15-16H,4,8,10-12H2,1-3H3,(H,20,21)/t15-,16+/m1/s1. The lowest BCUT2D eigenvalue weighted by Crippen LogP contribution is -2.50. The van der Waals surface area contributed by atoms with Crippen LogP contribution in [0.15, 0.2) is 30.0 Å². The van der Waals surface area contributed by atoms with Crippen molar-refractivity contribution in [3.05, 3.63) is 35.5 Å². The Labute approximate surface area is 143 Å². The molecule has 1 N–H and O–H groups in total. The largest absolute Gasteiger partial charge is 0.477 e. The number of hydrogen-bond donors (Lipinski definition) is 1. The third-order valence-electron chi connectivity index (χ3n) is 3.71. The van der Waals surface area contributed by atoms with Crippen molar-refractivity contribution in [2.75, 3.05) is 26.4 Å². The fourth-order valence-corrected chi connectivity index (χ4v) is 2.45. The number of aromatic nitrogens is 1. The fraction of sp³-hybridized carbons (Fsp3) is 0.556. The van der Waals surface area contributed by atoms with Gasteiger partial charge in [0, 0.05) is 12.8 Å². The first kappa shape index (κ1) is 18.4. The molecule has 0 saturated carbocycles. The molecule has 1 aliphatic heterocycles. The summed E-state index contributed by atoms with van der Waals surface area (Å²) in [5, 5.41) is 2.99. The maximum atomic E-state index is 12.6. The topological polar surface area (TPSA) is 69.7 Å². The van der Waals surface area contributed by atoms with Crippen LogP contribution in [0.5, 0.6) is 5.88 Å². The number of nitrogens with zero attached hydrogens (tertiary/aromatic N) is 1. The number of rotatable bonds is 7. The number of carbonyl (C=O) groups is 1. The molecule has 2 rings (SSSR count). The molecule has 0 aromatic carbocycles. The van der Waals surface area contributed by atoms with Crippen LogP contribution in [0.2, 0.25) is 0 Å². The van der Waals surface area contributed by atoms with E-state index in [2.05, 4.69) is 10.3 Å². The number of allylic oxidation sites excluding steroid dienone is 1. The number of carbonyl (C=O) groups excluding carboxylic acids is 1. The molecule has 1 saturated heterocycles. The molecule has 6 heteroatoms. The van der Waals surface area contributed by atoms with Crippen LogP contribution < -0.4 is 10.1 Å². The van der Waals surface area contributed by atoms with Gasteiger partial charge in [-0.1, -0.05) is 11.6 Å². The van der Waals surface area contributed by atoms with Gasteiger partial charge in [-0.3, -0.25) is 4.79 Å². The lowest BCUT2D eigenvalue weighted by atomic mass is 10.1. The third kappa shape index (κ3) is 5.32. The van der Waals surface area contributed by atoms with Crippen molar-refractivity contribution in [2.24, 2.45) is 0 Å². The lowest BCUT2D eigenvalue weighted by Gasteiger charge is -2.32. The molecule has 1 amide bonds. The number of amides is 1. The van der Waals surface area contributed by atoms with E-state index in [1.165, 1.54) is 5.57 Å². The highest BCUT2D eigenvalue weighted by molar-refractivity contribution is 5.96. The molecule has 24 heavy (non-hydrogen) atoms. The first-order valence-corrected chi connectivity index (χ1v) is 8.33. The number of nitrogens with one attached hydrogen (secondary N) is 1. The van der Waals surface area contributed by atoms with E-state index >= 15 is 0 Å². The predicted molar refractivity (Wildman–Crippen MR) is 91.3 cm³/mol. The summed E-state index contributed by atoms with van der Waals surface area (Å²) in [6.07, 6.45) is 4.33. The maximum absolute atomic E-state index is 12.6. The van der Waals surface area contributed by atoms with E-state index in [0.29, 0.717) is 37.9 Å². The summed E-state index contributed by atoms with van der Waals surface area (Å²) in [6.45, 7) is 8.00. The van der Waals surface area contributed by atoms with Gasteiger partial charge in [-0.2, -0.15) is 0 Å². The fourth-order valence-electron chi connectivity index (χ4n) is 2.45. The van der Waals surface area contributed by atoms with Crippen LogP contribution in [0.4, 0.5) is 0 Å². The summed E-state index contributed by atoms with van der Waals surface area (Å²) in [5.74, 6) is 0.120. The van der Waals surface area contributed by atoms with E-state index in [4.69, 9.17) is 14.2 Å². The Morgan fingerprint density at radius 2 is 2.33 bits per heavy atom. The monoisotopic (exact) mass is 334 g/mol. The van der Waals surface area contributed by atoms with Crippen LogP contribution >= 0.6 is 0 Å². The quantitative estimate of drug-likeness (QED) is 0.775. The molecule has 2 atom stereocenters. The highest BCUT2D eigenvalue weighted by atomic mass is 16.5. The van der Waals surface area contributed by atoms with Gasteiger partial charge in [0.2, 0.25) is 5.88 Å². The van der Waals surface area contributed by atoms with Crippen LogP contribution in [0.1, 0.15) is 37.6 Å². The van der Waals surface area contributed by atoms with E-state index in [1.807, 2.05) is 26.8 Å². The van der Waals surface area contributed by atoms with E-state index in [9.17, 15) is 4.79 Å². The minimum absolute atomic E-state index is 0.0643. The second kappa shape index (κ2) is 9.39. The molecule has 0 unspecified atom stereocenters. The van der Waals surface area contributed by atoms with E-state index in [0.717, 1.165) is 6.42 Å². The molecule has 2 heterocycles. The number of pyridine rings is 1. The Kier molecular flexibility index (Phi) is 7.21. The summed E-state index contributed by atoms with van der Waals surface area (Å²) in [4.78, 5) is 16.7. The molecule has 1 aliphatic rings. The Morgan fingerprint density at radius 3 is 3.08 bits per heavy atom. The Morgan fingerprint density at radius 1 is 1.50 bits per heavy atom. The third-order valence-corrected chi connectivity index (χ3v) is 3.71. The maximum Gasteiger partial charge on any atom is 0.257 e. The van der Waals surface area contributed by atoms with Gasteiger partial charge in [0.15, 0.2) is 0 Å². The van der Waals surface area contributed by atoms with Gasteiger partial charge >= 0.3 is 0 Å². The first-order valence-electron chi connectivity index (χ1n) is 8.33. The van der Waals surface area contributed by atoms with Crippen molar-refractivity contribution in [1.29, 1.82) is 0 Å². The average molecular weight is 334 g/mol. The molecule has 0 aliphatic carbocycles. The zero-order valence-electron chi connectivity index (χ0n) is 14.6. The summed E-state index contributed by atoms with van der Waals surface area (Å²) in [7, 11) is 0. The molecule has 1 aromatic rings.